The monoisotopic (exact) mass is 410 g/mol. The third-order valence-corrected chi connectivity index (χ3v) is 4.95. The largest absolute Gasteiger partial charge is 0.481 e. The molecule has 158 valence electrons. The van der Waals surface area contributed by atoms with Crippen LogP contribution >= 0.6 is 0 Å². The molecule has 1 atom stereocenters. The maximum absolute atomic E-state index is 12.5. The van der Waals surface area contributed by atoms with E-state index < -0.39 is 35.8 Å². The SMILES string of the molecule is CC(C)(C)OC(=O)C(CC(=O)O)CC(=O)OCC1c2ccccc2-c2ccccc21. The van der Waals surface area contributed by atoms with Gasteiger partial charge in [-0.2, -0.15) is 0 Å². The predicted molar refractivity (Wildman–Crippen MR) is 111 cm³/mol. The second-order valence-electron chi connectivity index (χ2n) is 8.44. The summed E-state index contributed by atoms with van der Waals surface area (Å²) >= 11 is 0. The third kappa shape index (κ3) is 5.06. The number of aliphatic carboxylic acids is 1. The Morgan fingerprint density at radius 2 is 1.47 bits per heavy atom. The Balaban J connectivity index is 1.68. The van der Waals surface area contributed by atoms with Gasteiger partial charge in [0.15, 0.2) is 0 Å². The molecule has 0 saturated carbocycles. The lowest BCUT2D eigenvalue weighted by Crippen LogP contribution is -2.31. The normalized spacial score (nSPS) is 13.8. The number of carboxylic acids is 1. The number of hydrogen-bond acceptors (Lipinski definition) is 5. The predicted octanol–water partition coefficient (Wildman–Crippen LogP) is 4.16. The summed E-state index contributed by atoms with van der Waals surface area (Å²) in [6.45, 7) is 5.20. The highest BCUT2D eigenvalue weighted by Gasteiger charge is 2.32. The van der Waals surface area contributed by atoms with Crippen LogP contribution in [0.4, 0.5) is 0 Å². The number of hydrogen-bond donors (Lipinski definition) is 1. The summed E-state index contributed by atoms with van der Waals surface area (Å²) in [7, 11) is 0. The van der Waals surface area contributed by atoms with Crippen LogP contribution in [0.5, 0.6) is 0 Å². The maximum atomic E-state index is 12.5. The Labute approximate surface area is 175 Å². The number of carbonyl (C=O) groups is 3. The van der Waals surface area contributed by atoms with Gasteiger partial charge in [-0.3, -0.25) is 14.4 Å². The van der Waals surface area contributed by atoms with Crippen molar-refractivity contribution in [1.29, 1.82) is 0 Å². The molecule has 1 N–H and O–H groups in total. The van der Waals surface area contributed by atoms with Gasteiger partial charge in [0, 0.05) is 5.92 Å². The standard InChI is InChI=1S/C24H26O6/c1-24(2,3)30-23(28)15(12-21(25)26)13-22(27)29-14-20-18-10-6-4-8-16(18)17-9-5-7-11-19(17)20/h4-11,15,20H,12-14H2,1-3H3,(H,25,26). The summed E-state index contributed by atoms with van der Waals surface area (Å²) < 4.78 is 10.8. The summed E-state index contributed by atoms with van der Waals surface area (Å²) in [6, 6.07) is 16.0. The van der Waals surface area contributed by atoms with E-state index in [-0.39, 0.29) is 18.9 Å². The van der Waals surface area contributed by atoms with Crippen molar-refractivity contribution in [2.45, 2.75) is 45.1 Å². The summed E-state index contributed by atoms with van der Waals surface area (Å²) in [5.74, 6) is -3.68. The fourth-order valence-electron chi connectivity index (χ4n) is 3.71. The van der Waals surface area contributed by atoms with Gasteiger partial charge >= 0.3 is 17.9 Å². The quantitative estimate of drug-likeness (QED) is 0.689. The molecule has 0 radical (unpaired) electrons. The third-order valence-electron chi connectivity index (χ3n) is 4.95. The van der Waals surface area contributed by atoms with Crippen LogP contribution in [0.2, 0.25) is 0 Å². The Bertz CT molecular complexity index is 911. The highest BCUT2D eigenvalue weighted by Crippen LogP contribution is 2.44. The van der Waals surface area contributed by atoms with E-state index in [1.807, 2.05) is 48.5 Å². The van der Waals surface area contributed by atoms with Gasteiger partial charge < -0.3 is 14.6 Å². The fourth-order valence-corrected chi connectivity index (χ4v) is 3.71. The second-order valence-corrected chi connectivity index (χ2v) is 8.44. The van der Waals surface area contributed by atoms with Gasteiger partial charge in [-0.05, 0) is 43.0 Å². The van der Waals surface area contributed by atoms with Gasteiger partial charge in [-0.1, -0.05) is 48.5 Å². The van der Waals surface area contributed by atoms with Crippen LogP contribution in [0.1, 0.15) is 50.7 Å². The summed E-state index contributed by atoms with van der Waals surface area (Å²) in [5, 5.41) is 9.11. The van der Waals surface area contributed by atoms with Crippen molar-refractivity contribution in [3.8, 4) is 11.1 Å². The van der Waals surface area contributed by atoms with Crippen LogP contribution < -0.4 is 0 Å². The van der Waals surface area contributed by atoms with Crippen molar-refractivity contribution in [3.05, 3.63) is 59.7 Å². The Morgan fingerprint density at radius 3 is 1.97 bits per heavy atom. The van der Waals surface area contributed by atoms with Crippen LogP contribution in [0.3, 0.4) is 0 Å². The van der Waals surface area contributed by atoms with Gasteiger partial charge in [0.05, 0.1) is 18.8 Å². The Morgan fingerprint density at radius 1 is 0.933 bits per heavy atom. The number of carboxylic acid groups (broad SMARTS) is 1. The van der Waals surface area contributed by atoms with Crippen molar-refractivity contribution in [3.63, 3.8) is 0 Å². The zero-order chi connectivity index (χ0) is 21.9. The number of ether oxygens (including phenoxy) is 2. The number of esters is 2. The van der Waals surface area contributed by atoms with Crippen LogP contribution in [0.25, 0.3) is 11.1 Å². The van der Waals surface area contributed by atoms with E-state index in [1.165, 1.54) is 0 Å². The van der Waals surface area contributed by atoms with Crippen molar-refractivity contribution in [2.75, 3.05) is 6.61 Å². The van der Waals surface area contributed by atoms with Crippen molar-refractivity contribution in [1.82, 2.24) is 0 Å². The van der Waals surface area contributed by atoms with E-state index in [4.69, 9.17) is 14.6 Å². The molecule has 2 aromatic carbocycles. The molecule has 1 aliphatic carbocycles. The van der Waals surface area contributed by atoms with E-state index in [2.05, 4.69) is 0 Å². The van der Waals surface area contributed by atoms with Crippen LogP contribution in [0, 0.1) is 5.92 Å². The minimum atomic E-state index is -1.17. The van der Waals surface area contributed by atoms with Crippen molar-refractivity contribution in [2.24, 2.45) is 5.92 Å². The van der Waals surface area contributed by atoms with Gasteiger partial charge in [0.2, 0.25) is 0 Å². The molecule has 0 heterocycles. The molecule has 0 bridgehead atoms. The zero-order valence-corrected chi connectivity index (χ0v) is 17.4. The summed E-state index contributed by atoms with van der Waals surface area (Å²) in [6.07, 6.45) is -0.823. The van der Waals surface area contributed by atoms with Crippen LogP contribution in [-0.2, 0) is 23.9 Å². The molecule has 0 amide bonds. The Hall–Kier alpha value is -3.15. The lowest BCUT2D eigenvalue weighted by molar-refractivity contribution is -0.166. The molecule has 3 rings (SSSR count). The van der Waals surface area contributed by atoms with Crippen molar-refractivity contribution >= 4 is 17.9 Å². The smallest absolute Gasteiger partial charge is 0.310 e. The van der Waals surface area contributed by atoms with Gasteiger partial charge in [0.25, 0.3) is 0 Å². The molecular formula is C24H26O6. The maximum Gasteiger partial charge on any atom is 0.310 e. The summed E-state index contributed by atoms with van der Waals surface area (Å²) in [4.78, 5) is 35.9. The van der Waals surface area contributed by atoms with Crippen molar-refractivity contribution < 1.29 is 29.0 Å². The van der Waals surface area contributed by atoms with E-state index in [9.17, 15) is 14.4 Å². The molecule has 0 spiro atoms. The highest BCUT2D eigenvalue weighted by atomic mass is 16.6. The molecular weight excluding hydrogens is 384 g/mol. The first-order valence-electron chi connectivity index (χ1n) is 9.94. The van der Waals surface area contributed by atoms with E-state index in [1.54, 1.807) is 20.8 Å². The van der Waals surface area contributed by atoms with Gasteiger partial charge in [0.1, 0.15) is 12.2 Å². The Kier molecular flexibility index (Phi) is 6.25. The van der Waals surface area contributed by atoms with Crippen LogP contribution in [-0.4, -0.2) is 35.2 Å². The molecule has 6 nitrogen and oxygen atoms in total. The first kappa shape index (κ1) is 21.6. The molecule has 0 aromatic heterocycles. The van der Waals surface area contributed by atoms with E-state index in [0.717, 1.165) is 22.3 Å². The lowest BCUT2D eigenvalue weighted by atomic mass is 9.98. The van der Waals surface area contributed by atoms with E-state index >= 15 is 0 Å². The molecule has 2 aromatic rings. The van der Waals surface area contributed by atoms with E-state index in [0.29, 0.717) is 0 Å². The molecule has 0 fully saturated rings. The number of carbonyl (C=O) groups excluding carboxylic acids is 2. The minimum absolute atomic E-state index is 0.0965. The molecule has 6 heteroatoms. The molecule has 1 unspecified atom stereocenters. The first-order chi connectivity index (χ1) is 14.2. The fraction of sp³-hybridized carbons (Fsp3) is 0.375. The molecule has 0 saturated heterocycles. The topological polar surface area (TPSA) is 89.9 Å². The number of rotatable bonds is 7. The average Bonchev–Trinajstić information content (AvgIpc) is 2.98. The first-order valence-corrected chi connectivity index (χ1v) is 9.94. The average molecular weight is 410 g/mol. The molecule has 30 heavy (non-hydrogen) atoms. The lowest BCUT2D eigenvalue weighted by Gasteiger charge is -2.23. The summed E-state index contributed by atoms with van der Waals surface area (Å²) in [5.41, 5.74) is 3.63. The highest BCUT2D eigenvalue weighted by molar-refractivity contribution is 5.84. The number of benzene rings is 2. The number of fused-ring (bicyclic) bond motifs is 3. The molecule has 1 aliphatic rings. The van der Waals surface area contributed by atoms with Gasteiger partial charge in [-0.25, -0.2) is 0 Å². The van der Waals surface area contributed by atoms with Gasteiger partial charge in [-0.15, -0.1) is 0 Å². The minimum Gasteiger partial charge on any atom is -0.481 e. The zero-order valence-electron chi connectivity index (χ0n) is 17.4. The van der Waals surface area contributed by atoms with Crippen LogP contribution in [0.15, 0.2) is 48.5 Å². The second kappa shape index (κ2) is 8.69. The molecule has 0 aliphatic heterocycles.